The van der Waals surface area contributed by atoms with Gasteiger partial charge in [0, 0.05) is 26.0 Å². The second-order valence-electron chi connectivity index (χ2n) is 3.38. The van der Waals surface area contributed by atoms with Gasteiger partial charge in [-0.2, -0.15) is 0 Å². The fourth-order valence-electron chi connectivity index (χ4n) is 1.18. The second kappa shape index (κ2) is 6.54. The first-order valence-corrected chi connectivity index (χ1v) is 5.20. The molecule has 0 fully saturated rings. The van der Waals surface area contributed by atoms with Crippen molar-refractivity contribution in [1.29, 1.82) is 0 Å². The van der Waals surface area contributed by atoms with Gasteiger partial charge in [0.15, 0.2) is 0 Å². The molecule has 0 bridgehead atoms. The van der Waals surface area contributed by atoms with Crippen LogP contribution in [0.25, 0.3) is 0 Å². The van der Waals surface area contributed by atoms with Crippen LogP contribution in [-0.4, -0.2) is 19.6 Å². The van der Waals surface area contributed by atoms with E-state index in [0.717, 1.165) is 0 Å². The van der Waals surface area contributed by atoms with Gasteiger partial charge >= 0.3 is 0 Å². The molecule has 0 radical (unpaired) electrons. The van der Waals surface area contributed by atoms with E-state index in [4.69, 9.17) is 4.74 Å². The van der Waals surface area contributed by atoms with E-state index < -0.39 is 5.82 Å². The van der Waals surface area contributed by atoms with Crippen LogP contribution in [0.15, 0.2) is 18.2 Å². The molecule has 0 aliphatic carbocycles. The third-order valence-electron chi connectivity index (χ3n) is 2.02. The van der Waals surface area contributed by atoms with E-state index in [-0.39, 0.29) is 5.91 Å². The zero-order valence-corrected chi connectivity index (χ0v) is 9.84. The maximum absolute atomic E-state index is 13.4. The number of carbonyl (C=O) groups is 1. The standard InChI is InChI=1S/C13H14FNO2/c1-10(16)15-8-4-3-5-11-6-7-12(17-2)9-13(11)14/h6-7,9H,4,8H2,1-2H3,(H,15,16). The third-order valence-corrected chi connectivity index (χ3v) is 2.02. The van der Waals surface area contributed by atoms with Crippen LogP contribution in [0.5, 0.6) is 5.75 Å². The monoisotopic (exact) mass is 235 g/mol. The van der Waals surface area contributed by atoms with Crippen molar-refractivity contribution in [1.82, 2.24) is 5.32 Å². The number of benzene rings is 1. The summed E-state index contributed by atoms with van der Waals surface area (Å²) >= 11 is 0. The van der Waals surface area contributed by atoms with Crippen molar-refractivity contribution in [2.75, 3.05) is 13.7 Å². The van der Waals surface area contributed by atoms with E-state index in [9.17, 15) is 9.18 Å². The van der Waals surface area contributed by atoms with Gasteiger partial charge in [0.05, 0.1) is 12.7 Å². The molecule has 0 spiro atoms. The summed E-state index contributed by atoms with van der Waals surface area (Å²) in [6, 6.07) is 4.51. The van der Waals surface area contributed by atoms with Crippen LogP contribution >= 0.6 is 0 Å². The van der Waals surface area contributed by atoms with Gasteiger partial charge in [-0.25, -0.2) is 4.39 Å². The molecule has 3 nitrogen and oxygen atoms in total. The summed E-state index contributed by atoms with van der Waals surface area (Å²) in [5.74, 6) is 5.46. The molecule has 0 heterocycles. The van der Waals surface area contributed by atoms with Crippen molar-refractivity contribution in [3.8, 4) is 17.6 Å². The van der Waals surface area contributed by atoms with Crippen LogP contribution in [0.1, 0.15) is 18.9 Å². The maximum Gasteiger partial charge on any atom is 0.216 e. The lowest BCUT2D eigenvalue weighted by Gasteiger charge is -2.00. The van der Waals surface area contributed by atoms with Crippen molar-refractivity contribution < 1.29 is 13.9 Å². The Kier molecular flexibility index (Phi) is 5.02. The summed E-state index contributed by atoms with van der Waals surface area (Å²) in [5.41, 5.74) is 0.327. The van der Waals surface area contributed by atoms with Crippen LogP contribution in [0.2, 0.25) is 0 Å². The van der Waals surface area contributed by atoms with E-state index in [1.54, 1.807) is 12.1 Å². The highest BCUT2D eigenvalue weighted by Crippen LogP contribution is 2.15. The smallest absolute Gasteiger partial charge is 0.216 e. The zero-order chi connectivity index (χ0) is 12.7. The quantitative estimate of drug-likeness (QED) is 0.640. The highest BCUT2D eigenvalue weighted by Gasteiger charge is 2.00. The van der Waals surface area contributed by atoms with E-state index in [2.05, 4.69) is 17.2 Å². The summed E-state index contributed by atoms with van der Waals surface area (Å²) in [6.07, 6.45) is 0.491. The molecule has 0 aromatic heterocycles. The van der Waals surface area contributed by atoms with Crippen molar-refractivity contribution in [3.05, 3.63) is 29.6 Å². The molecule has 1 amide bonds. The molecule has 0 atom stereocenters. The van der Waals surface area contributed by atoms with Crippen LogP contribution in [-0.2, 0) is 4.79 Å². The molecule has 17 heavy (non-hydrogen) atoms. The Hall–Kier alpha value is -2.02. The first kappa shape index (κ1) is 13.0. The van der Waals surface area contributed by atoms with E-state index >= 15 is 0 Å². The Bertz CT molecular complexity index is 460. The minimum atomic E-state index is -0.406. The summed E-state index contributed by atoms with van der Waals surface area (Å²) in [5, 5.41) is 2.61. The topological polar surface area (TPSA) is 38.3 Å². The minimum absolute atomic E-state index is 0.0950. The number of rotatable bonds is 3. The number of amides is 1. The number of carbonyl (C=O) groups excluding carboxylic acids is 1. The van der Waals surface area contributed by atoms with Crippen molar-refractivity contribution in [2.24, 2.45) is 0 Å². The summed E-state index contributed by atoms with van der Waals surface area (Å²) in [4.78, 5) is 10.6. The molecule has 0 unspecified atom stereocenters. The molecule has 4 heteroatoms. The van der Waals surface area contributed by atoms with E-state index in [1.807, 2.05) is 0 Å². The van der Waals surface area contributed by atoms with Crippen molar-refractivity contribution in [3.63, 3.8) is 0 Å². The average Bonchev–Trinajstić information content (AvgIpc) is 2.30. The van der Waals surface area contributed by atoms with Crippen molar-refractivity contribution >= 4 is 5.91 Å². The van der Waals surface area contributed by atoms with E-state index in [0.29, 0.717) is 24.3 Å². The molecule has 0 saturated carbocycles. The zero-order valence-electron chi connectivity index (χ0n) is 9.84. The van der Waals surface area contributed by atoms with Crippen molar-refractivity contribution in [2.45, 2.75) is 13.3 Å². The van der Waals surface area contributed by atoms with Crippen LogP contribution in [0.3, 0.4) is 0 Å². The molecule has 0 aliphatic heterocycles. The molecule has 1 N–H and O–H groups in total. The molecule has 1 aromatic carbocycles. The van der Waals surface area contributed by atoms with Gasteiger partial charge in [0.1, 0.15) is 11.6 Å². The molecule has 0 aliphatic rings. The fourth-order valence-corrected chi connectivity index (χ4v) is 1.18. The molecule has 1 rings (SSSR count). The average molecular weight is 235 g/mol. The van der Waals surface area contributed by atoms with Crippen LogP contribution in [0, 0.1) is 17.7 Å². The third kappa shape index (κ3) is 4.56. The predicted octanol–water partition coefficient (Wildman–Crippen LogP) is 1.71. The Morgan fingerprint density at radius 2 is 2.29 bits per heavy atom. The minimum Gasteiger partial charge on any atom is -0.497 e. The normalized spacial score (nSPS) is 9.12. The number of ether oxygens (including phenoxy) is 1. The molecular formula is C13H14FNO2. The van der Waals surface area contributed by atoms with Gasteiger partial charge in [-0.05, 0) is 12.1 Å². The van der Waals surface area contributed by atoms with Gasteiger partial charge in [-0.1, -0.05) is 11.8 Å². The lowest BCUT2D eigenvalue weighted by atomic mass is 10.2. The highest BCUT2D eigenvalue weighted by atomic mass is 19.1. The van der Waals surface area contributed by atoms with Gasteiger partial charge in [0.25, 0.3) is 0 Å². The lowest BCUT2D eigenvalue weighted by molar-refractivity contribution is -0.118. The summed E-state index contributed by atoms with van der Waals surface area (Å²) < 4.78 is 18.3. The molecular weight excluding hydrogens is 221 g/mol. The van der Waals surface area contributed by atoms with Gasteiger partial charge in [-0.3, -0.25) is 4.79 Å². The Morgan fingerprint density at radius 1 is 1.53 bits per heavy atom. The second-order valence-corrected chi connectivity index (χ2v) is 3.38. The first-order valence-electron chi connectivity index (χ1n) is 5.20. The number of nitrogens with one attached hydrogen (secondary N) is 1. The molecule has 0 saturated heterocycles. The maximum atomic E-state index is 13.4. The Balaban J connectivity index is 2.57. The van der Waals surface area contributed by atoms with Crippen LogP contribution < -0.4 is 10.1 Å². The lowest BCUT2D eigenvalue weighted by Crippen LogP contribution is -2.20. The number of halogens is 1. The summed E-state index contributed by atoms with van der Waals surface area (Å²) in [7, 11) is 1.48. The highest BCUT2D eigenvalue weighted by molar-refractivity contribution is 5.72. The number of hydrogen-bond donors (Lipinski definition) is 1. The Morgan fingerprint density at radius 3 is 2.88 bits per heavy atom. The van der Waals surface area contributed by atoms with Crippen LogP contribution in [0.4, 0.5) is 4.39 Å². The first-order chi connectivity index (χ1) is 8.13. The predicted molar refractivity (Wildman–Crippen MR) is 63.1 cm³/mol. The fraction of sp³-hybridized carbons (Fsp3) is 0.308. The largest absolute Gasteiger partial charge is 0.497 e. The van der Waals surface area contributed by atoms with Gasteiger partial charge in [-0.15, -0.1) is 0 Å². The Labute approximate surface area is 100.0 Å². The molecule has 1 aromatic rings. The number of methoxy groups -OCH3 is 1. The SMILES string of the molecule is COc1ccc(C#CCCNC(C)=O)c(F)c1. The number of hydrogen-bond acceptors (Lipinski definition) is 2. The summed E-state index contributed by atoms with van der Waals surface area (Å²) in [6.45, 7) is 1.91. The van der Waals surface area contributed by atoms with E-state index in [1.165, 1.54) is 20.1 Å². The molecule has 90 valence electrons. The van der Waals surface area contributed by atoms with Gasteiger partial charge < -0.3 is 10.1 Å². The van der Waals surface area contributed by atoms with Gasteiger partial charge in [0.2, 0.25) is 5.91 Å².